The second-order valence-corrected chi connectivity index (χ2v) is 5.25. The van der Waals surface area contributed by atoms with Crippen LogP contribution in [0.1, 0.15) is 44.6 Å². The van der Waals surface area contributed by atoms with Gasteiger partial charge in [-0.25, -0.2) is 0 Å². The Kier molecular flexibility index (Phi) is 4.65. The van der Waals surface area contributed by atoms with Crippen molar-refractivity contribution in [3.8, 4) is 5.75 Å². The van der Waals surface area contributed by atoms with Crippen LogP contribution in [0.15, 0.2) is 24.3 Å². The Hall–Kier alpha value is -1.02. The third-order valence-electron chi connectivity index (χ3n) is 4.21. The molecular weight excluding hydrogens is 222 g/mol. The molecule has 1 aliphatic carbocycles. The molecule has 2 rings (SSSR count). The average molecular weight is 247 g/mol. The molecule has 3 atom stereocenters. The van der Waals surface area contributed by atoms with Crippen LogP contribution in [0.3, 0.4) is 0 Å². The first kappa shape index (κ1) is 13.4. The second-order valence-electron chi connectivity index (χ2n) is 5.25. The van der Waals surface area contributed by atoms with Gasteiger partial charge in [0, 0.05) is 6.04 Å². The fraction of sp³-hybridized carbons (Fsp3) is 0.625. The minimum absolute atomic E-state index is 0.724. The van der Waals surface area contributed by atoms with Crippen LogP contribution in [0, 0.1) is 5.92 Å². The van der Waals surface area contributed by atoms with Crippen molar-refractivity contribution in [1.29, 1.82) is 0 Å². The number of nitrogens with one attached hydrogen (secondary N) is 1. The lowest BCUT2D eigenvalue weighted by atomic mass is 9.65. The van der Waals surface area contributed by atoms with Crippen molar-refractivity contribution in [2.45, 2.75) is 45.1 Å². The highest BCUT2D eigenvalue weighted by atomic mass is 16.5. The lowest BCUT2D eigenvalue weighted by molar-refractivity contribution is 0.161. The van der Waals surface area contributed by atoms with E-state index >= 15 is 0 Å². The Morgan fingerprint density at radius 1 is 1.22 bits per heavy atom. The molecule has 2 nitrogen and oxygen atoms in total. The number of benzene rings is 1. The Balaban J connectivity index is 1.97. The topological polar surface area (TPSA) is 21.3 Å². The van der Waals surface area contributed by atoms with E-state index in [9.17, 15) is 0 Å². The molecule has 0 heterocycles. The van der Waals surface area contributed by atoms with Gasteiger partial charge >= 0.3 is 0 Å². The number of hydrogen-bond donors (Lipinski definition) is 1. The molecule has 0 saturated heterocycles. The molecule has 0 aliphatic heterocycles. The lowest BCUT2D eigenvalue weighted by Crippen LogP contribution is -2.49. The van der Waals surface area contributed by atoms with E-state index in [0.717, 1.165) is 30.2 Å². The van der Waals surface area contributed by atoms with E-state index in [-0.39, 0.29) is 0 Å². The molecule has 1 saturated carbocycles. The zero-order valence-corrected chi connectivity index (χ0v) is 11.8. The van der Waals surface area contributed by atoms with E-state index in [1.54, 1.807) is 7.11 Å². The van der Waals surface area contributed by atoms with Gasteiger partial charge in [-0.05, 0) is 48.9 Å². The summed E-state index contributed by atoms with van der Waals surface area (Å²) in [4.78, 5) is 0. The molecule has 0 spiro atoms. The monoisotopic (exact) mass is 247 g/mol. The van der Waals surface area contributed by atoms with Gasteiger partial charge in [-0.15, -0.1) is 0 Å². The standard InChI is InChI=1S/C16H25NO/c1-4-10-17-16-11-15(14(16)5-2)12-6-8-13(18-3)9-7-12/h6-9,14-17H,4-5,10-11H2,1-3H3. The van der Waals surface area contributed by atoms with Crippen molar-refractivity contribution in [3.05, 3.63) is 29.8 Å². The van der Waals surface area contributed by atoms with Gasteiger partial charge in [-0.1, -0.05) is 32.4 Å². The quantitative estimate of drug-likeness (QED) is 0.829. The number of hydrogen-bond acceptors (Lipinski definition) is 2. The van der Waals surface area contributed by atoms with Gasteiger partial charge in [0.05, 0.1) is 7.11 Å². The first-order chi connectivity index (χ1) is 8.80. The smallest absolute Gasteiger partial charge is 0.118 e. The van der Waals surface area contributed by atoms with Crippen LogP contribution in [0.2, 0.25) is 0 Å². The van der Waals surface area contributed by atoms with Gasteiger partial charge in [0.15, 0.2) is 0 Å². The Labute approximate surface area is 111 Å². The van der Waals surface area contributed by atoms with E-state index < -0.39 is 0 Å². The molecule has 0 aromatic heterocycles. The second kappa shape index (κ2) is 6.24. The molecule has 1 N–H and O–H groups in total. The molecule has 100 valence electrons. The van der Waals surface area contributed by atoms with Crippen LogP contribution in [-0.4, -0.2) is 19.7 Å². The zero-order chi connectivity index (χ0) is 13.0. The van der Waals surface area contributed by atoms with Gasteiger partial charge in [0.2, 0.25) is 0 Å². The predicted molar refractivity (Wildman–Crippen MR) is 76.2 cm³/mol. The summed E-state index contributed by atoms with van der Waals surface area (Å²) >= 11 is 0. The van der Waals surface area contributed by atoms with Crippen molar-refractivity contribution >= 4 is 0 Å². The summed E-state index contributed by atoms with van der Waals surface area (Å²) in [7, 11) is 1.72. The number of ether oxygens (including phenoxy) is 1. The van der Waals surface area contributed by atoms with Crippen LogP contribution < -0.4 is 10.1 Å². The van der Waals surface area contributed by atoms with Crippen LogP contribution in [0.25, 0.3) is 0 Å². The maximum Gasteiger partial charge on any atom is 0.118 e. The molecule has 0 bridgehead atoms. The van der Waals surface area contributed by atoms with Gasteiger partial charge < -0.3 is 10.1 Å². The summed E-state index contributed by atoms with van der Waals surface area (Å²) < 4.78 is 5.22. The minimum Gasteiger partial charge on any atom is -0.497 e. The fourth-order valence-electron chi connectivity index (χ4n) is 3.08. The summed E-state index contributed by atoms with van der Waals surface area (Å²) in [6, 6.07) is 9.33. The predicted octanol–water partition coefficient (Wildman–Crippen LogP) is 3.58. The van der Waals surface area contributed by atoms with Gasteiger partial charge in [-0.3, -0.25) is 0 Å². The molecule has 3 unspecified atom stereocenters. The molecule has 1 fully saturated rings. The highest BCUT2D eigenvalue weighted by Gasteiger charge is 2.39. The number of methoxy groups -OCH3 is 1. The van der Waals surface area contributed by atoms with E-state index in [1.165, 1.54) is 24.8 Å². The molecular formula is C16H25NO. The van der Waals surface area contributed by atoms with Crippen LogP contribution in [0.5, 0.6) is 5.75 Å². The van der Waals surface area contributed by atoms with Crippen LogP contribution in [-0.2, 0) is 0 Å². The van der Waals surface area contributed by atoms with E-state index in [2.05, 4.69) is 43.4 Å². The maximum absolute atomic E-state index is 5.22. The van der Waals surface area contributed by atoms with E-state index in [4.69, 9.17) is 4.74 Å². The van der Waals surface area contributed by atoms with Crippen molar-refractivity contribution in [1.82, 2.24) is 5.32 Å². The van der Waals surface area contributed by atoms with Crippen molar-refractivity contribution in [2.75, 3.05) is 13.7 Å². The SMILES string of the molecule is CCCNC1CC(c2ccc(OC)cc2)C1CC. The fourth-order valence-corrected chi connectivity index (χ4v) is 3.08. The molecule has 0 amide bonds. The molecule has 1 aromatic rings. The molecule has 18 heavy (non-hydrogen) atoms. The van der Waals surface area contributed by atoms with Gasteiger partial charge in [-0.2, -0.15) is 0 Å². The van der Waals surface area contributed by atoms with Crippen LogP contribution in [0.4, 0.5) is 0 Å². The maximum atomic E-state index is 5.22. The molecule has 2 heteroatoms. The van der Waals surface area contributed by atoms with Crippen molar-refractivity contribution < 1.29 is 4.74 Å². The molecule has 0 radical (unpaired) electrons. The highest BCUT2D eigenvalue weighted by Crippen LogP contribution is 2.44. The Morgan fingerprint density at radius 3 is 2.50 bits per heavy atom. The normalized spacial score (nSPS) is 26.7. The minimum atomic E-state index is 0.724. The summed E-state index contributed by atoms with van der Waals surface area (Å²) in [6.07, 6.45) is 3.77. The summed E-state index contributed by atoms with van der Waals surface area (Å²) in [5.41, 5.74) is 1.47. The van der Waals surface area contributed by atoms with Crippen LogP contribution >= 0.6 is 0 Å². The first-order valence-corrected chi connectivity index (χ1v) is 7.17. The lowest BCUT2D eigenvalue weighted by Gasteiger charge is -2.45. The van der Waals surface area contributed by atoms with Gasteiger partial charge in [0.1, 0.15) is 5.75 Å². The first-order valence-electron chi connectivity index (χ1n) is 7.17. The Bertz CT molecular complexity index is 360. The Morgan fingerprint density at radius 2 is 1.94 bits per heavy atom. The summed E-state index contributed by atoms with van der Waals surface area (Å²) in [5, 5.41) is 3.67. The van der Waals surface area contributed by atoms with Crippen molar-refractivity contribution in [2.24, 2.45) is 5.92 Å². The van der Waals surface area contributed by atoms with Gasteiger partial charge in [0.25, 0.3) is 0 Å². The average Bonchev–Trinajstić information content (AvgIpc) is 2.39. The summed E-state index contributed by atoms with van der Waals surface area (Å²) in [6.45, 7) is 5.69. The van der Waals surface area contributed by atoms with Crippen molar-refractivity contribution in [3.63, 3.8) is 0 Å². The third kappa shape index (κ3) is 2.69. The third-order valence-corrected chi connectivity index (χ3v) is 4.21. The molecule has 1 aliphatic rings. The largest absolute Gasteiger partial charge is 0.497 e. The zero-order valence-electron chi connectivity index (χ0n) is 11.8. The molecule has 1 aromatic carbocycles. The van der Waals surface area contributed by atoms with E-state index in [1.807, 2.05) is 0 Å². The summed E-state index contributed by atoms with van der Waals surface area (Å²) in [5.74, 6) is 2.48. The highest BCUT2D eigenvalue weighted by molar-refractivity contribution is 5.31. The van der Waals surface area contributed by atoms with E-state index in [0.29, 0.717) is 0 Å². The number of rotatable bonds is 6.